The minimum Gasteiger partial charge on any atom is -0.325 e. The maximum Gasteiger partial charge on any atom is 0.221 e. The van der Waals surface area contributed by atoms with E-state index in [4.69, 9.17) is 0 Å². The molecule has 0 unspecified atom stereocenters. The summed E-state index contributed by atoms with van der Waals surface area (Å²) in [4.78, 5) is 24.5. The highest BCUT2D eigenvalue weighted by atomic mass is 16.1. The molecule has 4 heteroatoms. The van der Waals surface area contributed by atoms with Crippen molar-refractivity contribution in [2.45, 2.75) is 6.92 Å². The van der Waals surface area contributed by atoms with Gasteiger partial charge in [0.1, 0.15) is 5.69 Å². The molecule has 0 radical (unpaired) electrons. The first-order valence-corrected chi connectivity index (χ1v) is 3.41. The summed E-state index contributed by atoms with van der Waals surface area (Å²) in [5.74, 6) is -0.157. The molecular formula is C8H8N2O2. The van der Waals surface area contributed by atoms with Crippen LogP contribution in [-0.4, -0.2) is 17.2 Å². The second-order valence-electron chi connectivity index (χ2n) is 2.27. The average Bonchev–Trinajstić information content (AvgIpc) is 2.05. The van der Waals surface area contributed by atoms with Gasteiger partial charge in [0.15, 0.2) is 6.29 Å². The minimum atomic E-state index is -0.157. The number of amides is 1. The first-order valence-electron chi connectivity index (χ1n) is 3.41. The number of rotatable bonds is 2. The van der Waals surface area contributed by atoms with Crippen LogP contribution in [0.1, 0.15) is 17.4 Å². The van der Waals surface area contributed by atoms with Gasteiger partial charge in [-0.1, -0.05) is 0 Å². The van der Waals surface area contributed by atoms with Crippen molar-refractivity contribution in [1.29, 1.82) is 0 Å². The van der Waals surface area contributed by atoms with E-state index < -0.39 is 0 Å². The van der Waals surface area contributed by atoms with Crippen LogP contribution < -0.4 is 5.32 Å². The summed E-state index contributed by atoms with van der Waals surface area (Å²) in [6.07, 6.45) is 2.09. The Morgan fingerprint density at radius 2 is 2.33 bits per heavy atom. The summed E-state index contributed by atoms with van der Waals surface area (Å²) in [6.45, 7) is 1.41. The van der Waals surface area contributed by atoms with E-state index in [0.29, 0.717) is 17.7 Å². The van der Waals surface area contributed by atoms with Crippen molar-refractivity contribution in [2.24, 2.45) is 0 Å². The number of pyridine rings is 1. The van der Waals surface area contributed by atoms with Crippen LogP contribution >= 0.6 is 0 Å². The van der Waals surface area contributed by atoms with E-state index in [1.54, 1.807) is 6.07 Å². The van der Waals surface area contributed by atoms with Gasteiger partial charge in [-0.05, 0) is 12.1 Å². The Kier molecular flexibility index (Phi) is 2.53. The van der Waals surface area contributed by atoms with E-state index in [1.807, 2.05) is 0 Å². The zero-order valence-electron chi connectivity index (χ0n) is 6.57. The maximum atomic E-state index is 10.6. The van der Waals surface area contributed by atoms with Gasteiger partial charge in [-0.2, -0.15) is 0 Å². The van der Waals surface area contributed by atoms with Gasteiger partial charge in [0.25, 0.3) is 0 Å². The SMILES string of the molecule is CC(=O)Nc1ccc(C=O)nc1. The van der Waals surface area contributed by atoms with Gasteiger partial charge in [-0.15, -0.1) is 0 Å². The third kappa shape index (κ3) is 2.16. The number of nitrogens with one attached hydrogen (secondary N) is 1. The maximum absolute atomic E-state index is 10.6. The van der Waals surface area contributed by atoms with E-state index in [9.17, 15) is 9.59 Å². The third-order valence-electron chi connectivity index (χ3n) is 1.23. The number of carbonyl (C=O) groups is 2. The first kappa shape index (κ1) is 8.39. The number of nitrogens with zero attached hydrogens (tertiary/aromatic N) is 1. The predicted molar refractivity (Wildman–Crippen MR) is 43.9 cm³/mol. The van der Waals surface area contributed by atoms with Crippen LogP contribution in [0.3, 0.4) is 0 Å². The summed E-state index contributed by atoms with van der Waals surface area (Å²) in [6, 6.07) is 3.16. The van der Waals surface area contributed by atoms with Gasteiger partial charge in [0, 0.05) is 6.92 Å². The number of hydrogen-bond acceptors (Lipinski definition) is 3. The van der Waals surface area contributed by atoms with Gasteiger partial charge in [0.05, 0.1) is 11.9 Å². The molecule has 1 heterocycles. The molecule has 0 aliphatic carbocycles. The van der Waals surface area contributed by atoms with Crippen LogP contribution in [0.2, 0.25) is 0 Å². The Morgan fingerprint density at radius 3 is 2.75 bits per heavy atom. The number of anilines is 1. The molecule has 1 rings (SSSR count). The first-order chi connectivity index (χ1) is 5.72. The molecule has 4 nitrogen and oxygen atoms in total. The fraction of sp³-hybridized carbons (Fsp3) is 0.125. The predicted octanol–water partition coefficient (Wildman–Crippen LogP) is 0.852. The quantitative estimate of drug-likeness (QED) is 0.659. The van der Waals surface area contributed by atoms with Crippen molar-refractivity contribution >= 4 is 17.9 Å². The molecule has 0 fully saturated rings. The Morgan fingerprint density at radius 1 is 1.58 bits per heavy atom. The van der Waals surface area contributed by atoms with Crippen LogP contribution in [0.5, 0.6) is 0 Å². The fourth-order valence-electron chi connectivity index (χ4n) is 0.752. The van der Waals surface area contributed by atoms with E-state index in [-0.39, 0.29) is 5.91 Å². The fourth-order valence-corrected chi connectivity index (χ4v) is 0.752. The molecule has 0 aromatic carbocycles. The number of hydrogen-bond donors (Lipinski definition) is 1. The van der Waals surface area contributed by atoms with Gasteiger partial charge < -0.3 is 5.32 Å². The largest absolute Gasteiger partial charge is 0.325 e. The van der Waals surface area contributed by atoms with Crippen molar-refractivity contribution in [2.75, 3.05) is 5.32 Å². The lowest BCUT2D eigenvalue weighted by atomic mass is 10.3. The summed E-state index contributed by atoms with van der Waals surface area (Å²) >= 11 is 0. The monoisotopic (exact) mass is 164 g/mol. The highest BCUT2D eigenvalue weighted by Gasteiger charge is 1.95. The third-order valence-corrected chi connectivity index (χ3v) is 1.23. The van der Waals surface area contributed by atoms with Crippen molar-refractivity contribution in [3.8, 4) is 0 Å². The van der Waals surface area contributed by atoms with Gasteiger partial charge in [0.2, 0.25) is 5.91 Å². The Bertz CT molecular complexity index is 292. The highest BCUT2D eigenvalue weighted by Crippen LogP contribution is 2.03. The molecule has 0 atom stereocenters. The van der Waals surface area contributed by atoms with E-state index in [1.165, 1.54) is 19.2 Å². The number of carbonyl (C=O) groups excluding carboxylic acids is 2. The molecule has 1 N–H and O–H groups in total. The van der Waals surface area contributed by atoms with Gasteiger partial charge >= 0.3 is 0 Å². The summed E-state index contributed by atoms with van der Waals surface area (Å²) in [5, 5.41) is 2.54. The molecule has 1 aromatic heterocycles. The van der Waals surface area contributed by atoms with Crippen molar-refractivity contribution in [3.63, 3.8) is 0 Å². The van der Waals surface area contributed by atoms with Crippen LogP contribution in [0.25, 0.3) is 0 Å². The summed E-state index contributed by atoms with van der Waals surface area (Å²) in [5.41, 5.74) is 0.942. The highest BCUT2D eigenvalue weighted by molar-refractivity contribution is 5.88. The molecule has 1 amide bonds. The van der Waals surface area contributed by atoms with Crippen molar-refractivity contribution in [3.05, 3.63) is 24.0 Å². The number of aromatic nitrogens is 1. The second kappa shape index (κ2) is 3.61. The number of aldehydes is 1. The van der Waals surface area contributed by atoms with Gasteiger partial charge in [-0.25, -0.2) is 0 Å². The molecule has 0 saturated heterocycles. The lowest BCUT2D eigenvalue weighted by Crippen LogP contribution is -2.06. The Balaban J connectivity index is 2.77. The molecule has 0 bridgehead atoms. The normalized spacial score (nSPS) is 9.08. The zero-order valence-corrected chi connectivity index (χ0v) is 6.57. The average molecular weight is 164 g/mol. The Hall–Kier alpha value is -1.71. The van der Waals surface area contributed by atoms with E-state index in [2.05, 4.69) is 10.3 Å². The molecule has 0 saturated carbocycles. The molecule has 0 aliphatic rings. The smallest absolute Gasteiger partial charge is 0.221 e. The van der Waals surface area contributed by atoms with Crippen molar-refractivity contribution in [1.82, 2.24) is 4.98 Å². The minimum absolute atomic E-state index is 0.157. The lowest BCUT2D eigenvalue weighted by molar-refractivity contribution is -0.114. The molecule has 12 heavy (non-hydrogen) atoms. The van der Waals surface area contributed by atoms with Crippen molar-refractivity contribution < 1.29 is 9.59 Å². The van der Waals surface area contributed by atoms with Crippen LogP contribution in [-0.2, 0) is 4.79 Å². The molecule has 1 aromatic rings. The summed E-state index contributed by atoms with van der Waals surface area (Å²) in [7, 11) is 0. The summed E-state index contributed by atoms with van der Waals surface area (Å²) < 4.78 is 0. The Labute approximate surface area is 69.6 Å². The lowest BCUT2D eigenvalue weighted by Gasteiger charge is -1.99. The van der Waals surface area contributed by atoms with Crippen LogP contribution in [0.4, 0.5) is 5.69 Å². The van der Waals surface area contributed by atoms with E-state index >= 15 is 0 Å². The second-order valence-corrected chi connectivity index (χ2v) is 2.27. The van der Waals surface area contributed by atoms with Crippen LogP contribution in [0, 0.1) is 0 Å². The van der Waals surface area contributed by atoms with Crippen LogP contribution in [0.15, 0.2) is 18.3 Å². The molecule has 0 spiro atoms. The molecule has 0 aliphatic heterocycles. The van der Waals surface area contributed by atoms with E-state index in [0.717, 1.165) is 0 Å². The zero-order chi connectivity index (χ0) is 8.97. The van der Waals surface area contributed by atoms with Gasteiger partial charge in [-0.3, -0.25) is 14.6 Å². The topological polar surface area (TPSA) is 59.1 Å². The standard InChI is InChI=1S/C8H8N2O2/c1-6(12)10-7-2-3-8(5-11)9-4-7/h2-5H,1H3,(H,10,12). The molecular weight excluding hydrogens is 156 g/mol. The molecule has 62 valence electrons.